The van der Waals surface area contributed by atoms with Gasteiger partial charge in [0.2, 0.25) is 0 Å². The van der Waals surface area contributed by atoms with Crippen LogP contribution in [0.2, 0.25) is 0 Å². The first kappa shape index (κ1) is 7.63. The molecule has 56 valence electrons. The molecule has 1 aliphatic rings. The van der Waals surface area contributed by atoms with E-state index in [0.29, 0.717) is 0 Å². The van der Waals surface area contributed by atoms with Crippen LogP contribution in [0.1, 0.15) is 32.6 Å². The van der Waals surface area contributed by atoms with Gasteiger partial charge in [-0.15, -0.1) is 12.3 Å². The van der Waals surface area contributed by atoms with Crippen molar-refractivity contribution in [1.29, 1.82) is 0 Å². The van der Waals surface area contributed by atoms with Crippen molar-refractivity contribution in [2.45, 2.75) is 38.2 Å². The lowest BCUT2D eigenvalue weighted by molar-refractivity contribution is -0.00839. The second-order valence-electron chi connectivity index (χ2n) is 3.32. The Morgan fingerprint density at radius 1 is 1.60 bits per heavy atom. The van der Waals surface area contributed by atoms with Gasteiger partial charge in [0.1, 0.15) is 0 Å². The van der Waals surface area contributed by atoms with Gasteiger partial charge in [-0.2, -0.15) is 0 Å². The van der Waals surface area contributed by atoms with Gasteiger partial charge in [-0.05, 0) is 19.8 Å². The van der Waals surface area contributed by atoms with Crippen molar-refractivity contribution in [3.63, 3.8) is 0 Å². The first-order valence-corrected chi connectivity index (χ1v) is 3.85. The summed E-state index contributed by atoms with van der Waals surface area (Å²) in [6.45, 7) is 1.84. The molecule has 1 rings (SSSR count). The van der Waals surface area contributed by atoms with Crippen LogP contribution in [-0.2, 0) is 0 Å². The monoisotopic (exact) mass is 138 g/mol. The molecular formula is C9H14O. The third kappa shape index (κ3) is 1.33. The Labute approximate surface area is 62.4 Å². The average molecular weight is 138 g/mol. The van der Waals surface area contributed by atoms with E-state index in [1.165, 1.54) is 6.42 Å². The fraction of sp³-hybridized carbons (Fsp3) is 0.778. The Balaban J connectivity index is 2.62. The van der Waals surface area contributed by atoms with Gasteiger partial charge in [0, 0.05) is 5.92 Å². The van der Waals surface area contributed by atoms with Gasteiger partial charge in [-0.1, -0.05) is 12.8 Å². The summed E-state index contributed by atoms with van der Waals surface area (Å²) < 4.78 is 0. The summed E-state index contributed by atoms with van der Waals surface area (Å²) in [5.41, 5.74) is -0.590. The normalized spacial score (nSPS) is 40.7. The molecule has 0 bridgehead atoms. The number of hydrogen-bond donors (Lipinski definition) is 1. The minimum Gasteiger partial charge on any atom is -0.389 e. The molecule has 0 heterocycles. The maximum absolute atomic E-state index is 9.69. The lowest BCUT2D eigenvalue weighted by Gasteiger charge is -2.33. The van der Waals surface area contributed by atoms with Crippen LogP contribution in [0.25, 0.3) is 0 Å². The molecule has 0 amide bonds. The van der Waals surface area contributed by atoms with E-state index in [2.05, 4.69) is 5.92 Å². The van der Waals surface area contributed by atoms with E-state index in [1.807, 2.05) is 6.92 Å². The molecule has 1 aliphatic carbocycles. The van der Waals surface area contributed by atoms with E-state index >= 15 is 0 Å². The third-order valence-corrected chi connectivity index (χ3v) is 2.38. The quantitative estimate of drug-likeness (QED) is 0.504. The van der Waals surface area contributed by atoms with E-state index < -0.39 is 5.60 Å². The summed E-state index contributed by atoms with van der Waals surface area (Å²) in [6.07, 6.45) is 9.41. The van der Waals surface area contributed by atoms with Crippen molar-refractivity contribution >= 4 is 0 Å². The van der Waals surface area contributed by atoms with Crippen molar-refractivity contribution in [3.05, 3.63) is 0 Å². The Bertz CT molecular complexity index is 153. The second-order valence-corrected chi connectivity index (χ2v) is 3.32. The first-order chi connectivity index (χ1) is 4.67. The molecule has 0 aromatic rings. The SMILES string of the molecule is C#C[C@H]1CCCC[C@]1(C)O. The van der Waals surface area contributed by atoms with Crippen LogP contribution in [-0.4, -0.2) is 10.7 Å². The lowest BCUT2D eigenvalue weighted by atomic mass is 9.77. The van der Waals surface area contributed by atoms with Crippen LogP contribution in [0, 0.1) is 18.3 Å². The summed E-state index contributed by atoms with van der Waals surface area (Å²) in [7, 11) is 0. The van der Waals surface area contributed by atoms with Crippen LogP contribution >= 0.6 is 0 Å². The van der Waals surface area contributed by atoms with E-state index in [4.69, 9.17) is 6.42 Å². The molecule has 0 aliphatic heterocycles. The van der Waals surface area contributed by atoms with Crippen LogP contribution < -0.4 is 0 Å². The zero-order valence-electron chi connectivity index (χ0n) is 6.43. The molecule has 0 aromatic carbocycles. The Morgan fingerprint density at radius 3 is 2.70 bits per heavy atom. The standard InChI is InChI=1S/C9H14O/c1-3-8-6-4-5-7-9(8,2)10/h1,8,10H,4-7H2,2H3/t8-,9-/m0/s1. The summed E-state index contributed by atoms with van der Waals surface area (Å²) in [5, 5.41) is 9.69. The van der Waals surface area contributed by atoms with Crippen molar-refractivity contribution in [2.24, 2.45) is 5.92 Å². The molecule has 1 saturated carbocycles. The van der Waals surface area contributed by atoms with Crippen molar-refractivity contribution in [2.75, 3.05) is 0 Å². The van der Waals surface area contributed by atoms with Gasteiger partial charge in [-0.25, -0.2) is 0 Å². The fourth-order valence-electron chi connectivity index (χ4n) is 1.58. The zero-order valence-corrected chi connectivity index (χ0v) is 6.43. The highest BCUT2D eigenvalue weighted by Crippen LogP contribution is 2.32. The molecule has 1 fully saturated rings. The van der Waals surface area contributed by atoms with E-state index in [-0.39, 0.29) is 5.92 Å². The van der Waals surface area contributed by atoms with Gasteiger partial charge in [0.15, 0.2) is 0 Å². The molecule has 1 heteroatoms. The van der Waals surface area contributed by atoms with E-state index in [1.54, 1.807) is 0 Å². The summed E-state index contributed by atoms with van der Waals surface area (Å²) >= 11 is 0. The highest BCUT2D eigenvalue weighted by molar-refractivity contribution is 5.03. The molecule has 0 aromatic heterocycles. The van der Waals surface area contributed by atoms with Gasteiger partial charge in [-0.3, -0.25) is 0 Å². The fourth-order valence-corrected chi connectivity index (χ4v) is 1.58. The maximum Gasteiger partial charge on any atom is 0.0756 e. The number of aliphatic hydroxyl groups is 1. The Hall–Kier alpha value is -0.480. The molecule has 0 radical (unpaired) electrons. The van der Waals surface area contributed by atoms with Gasteiger partial charge in [0.25, 0.3) is 0 Å². The minimum atomic E-state index is -0.590. The predicted octanol–water partition coefficient (Wildman–Crippen LogP) is 1.56. The Kier molecular flexibility index (Phi) is 2.01. The van der Waals surface area contributed by atoms with Crippen LogP contribution in [0.4, 0.5) is 0 Å². The highest BCUT2D eigenvalue weighted by atomic mass is 16.3. The molecule has 1 N–H and O–H groups in total. The van der Waals surface area contributed by atoms with Crippen molar-refractivity contribution in [1.82, 2.24) is 0 Å². The molecule has 0 spiro atoms. The molecular weight excluding hydrogens is 124 g/mol. The molecule has 0 saturated heterocycles. The molecule has 2 atom stereocenters. The van der Waals surface area contributed by atoms with Gasteiger partial charge < -0.3 is 5.11 Å². The minimum absolute atomic E-state index is 0.0845. The maximum atomic E-state index is 9.69. The third-order valence-electron chi connectivity index (χ3n) is 2.38. The average Bonchev–Trinajstić information content (AvgIpc) is 1.87. The van der Waals surface area contributed by atoms with Crippen molar-refractivity contribution < 1.29 is 5.11 Å². The number of hydrogen-bond acceptors (Lipinski definition) is 1. The highest BCUT2D eigenvalue weighted by Gasteiger charge is 2.32. The topological polar surface area (TPSA) is 20.2 Å². The first-order valence-electron chi connectivity index (χ1n) is 3.85. The van der Waals surface area contributed by atoms with Crippen LogP contribution in [0.5, 0.6) is 0 Å². The van der Waals surface area contributed by atoms with Gasteiger partial charge >= 0.3 is 0 Å². The molecule has 10 heavy (non-hydrogen) atoms. The smallest absolute Gasteiger partial charge is 0.0756 e. The zero-order chi connectivity index (χ0) is 7.61. The van der Waals surface area contributed by atoms with E-state index in [9.17, 15) is 5.11 Å². The summed E-state index contributed by atoms with van der Waals surface area (Å²) in [5.74, 6) is 2.73. The predicted molar refractivity (Wildman–Crippen MR) is 41.4 cm³/mol. The molecule has 1 nitrogen and oxygen atoms in total. The number of rotatable bonds is 0. The second kappa shape index (κ2) is 2.64. The van der Waals surface area contributed by atoms with Gasteiger partial charge in [0.05, 0.1) is 5.60 Å². The Morgan fingerprint density at radius 2 is 2.30 bits per heavy atom. The van der Waals surface area contributed by atoms with Crippen LogP contribution in [0.3, 0.4) is 0 Å². The summed E-state index contributed by atoms with van der Waals surface area (Å²) in [4.78, 5) is 0. The summed E-state index contributed by atoms with van der Waals surface area (Å²) in [6, 6.07) is 0. The van der Waals surface area contributed by atoms with Crippen molar-refractivity contribution in [3.8, 4) is 12.3 Å². The van der Waals surface area contributed by atoms with E-state index in [0.717, 1.165) is 19.3 Å². The molecule has 0 unspecified atom stereocenters. The lowest BCUT2D eigenvalue weighted by Crippen LogP contribution is -2.36. The largest absolute Gasteiger partial charge is 0.389 e. The number of terminal acetylenes is 1. The van der Waals surface area contributed by atoms with Crippen LogP contribution in [0.15, 0.2) is 0 Å².